The predicted molar refractivity (Wildman–Crippen MR) is 273 cm³/mol. The Morgan fingerprint density at radius 3 is 2.30 bits per heavy atom. The second-order valence-corrected chi connectivity index (χ2v) is 22.7. The fraction of sp³-hybridized carbons (Fsp3) is 0.431. The minimum atomic E-state index is -3.30. The van der Waals surface area contributed by atoms with Crippen molar-refractivity contribution >= 4 is 29.6 Å². The molecule has 12 rings (SSSR count). The van der Waals surface area contributed by atoms with Crippen LogP contribution in [0.5, 0.6) is 0 Å². The number of nitrogens with one attached hydrogen (secondary N) is 4. The molecule has 74 heavy (non-hydrogen) atoms. The van der Waals surface area contributed by atoms with E-state index in [0.717, 1.165) is 60.1 Å². The first kappa shape index (κ1) is 47.9. The summed E-state index contributed by atoms with van der Waals surface area (Å²) in [6.45, 7) is 8.66. The average Bonchev–Trinajstić information content (AvgIpc) is 4.04. The van der Waals surface area contributed by atoms with Gasteiger partial charge in [-0.3, -0.25) is 9.59 Å². The van der Waals surface area contributed by atoms with E-state index in [9.17, 15) is 24.3 Å². The molecule has 7 atom stereocenters. The smallest absolute Gasteiger partial charge is 0.408 e. The van der Waals surface area contributed by atoms with Crippen molar-refractivity contribution in [1.82, 2.24) is 40.8 Å². The lowest BCUT2D eigenvalue weighted by atomic mass is 9.67. The zero-order valence-corrected chi connectivity index (χ0v) is 42.0. The number of nitrogens with zero attached hydrogens (tertiary/aromatic N) is 4. The Morgan fingerprint density at radius 1 is 0.865 bits per heavy atom. The van der Waals surface area contributed by atoms with Crippen LogP contribution in [-0.2, 0) is 26.9 Å². The van der Waals surface area contributed by atoms with E-state index in [0.29, 0.717) is 54.1 Å². The van der Waals surface area contributed by atoms with Gasteiger partial charge in [0.05, 0.1) is 23.3 Å². The van der Waals surface area contributed by atoms with Crippen LogP contribution >= 0.6 is 0 Å². The molecule has 16 heteroatoms. The van der Waals surface area contributed by atoms with E-state index in [1.807, 2.05) is 93.3 Å². The van der Waals surface area contributed by atoms with Gasteiger partial charge in [-0.05, 0) is 120 Å². The Labute approximate surface area is 429 Å². The van der Waals surface area contributed by atoms with E-state index in [2.05, 4.69) is 44.3 Å². The van der Waals surface area contributed by atoms with Gasteiger partial charge < -0.3 is 40.7 Å². The summed E-state index contributed by atoms with van der Waals surface area (Å²) in [6.07, 6.45) is 15.8. The number of aromatic nitrogens is 2. The molecular formula is C58H62F2N8O6. The maximum absolute atomic E-state index is 17.0. The van der Waals surface area contributed by atoms with E-state index in [1.54, 1.807) is 23.2 Å². The first-order chi connectivity index (χ1) is 35.5. The van der Waals surface area contributed by atoms with Crippen LogP contribution in [0.25, 0.3) is 28.0 Å². The van der Waals surface area contributed by atoms with E-state index in [1.165, 1.54) is 6.07 Å². The maximum atomic E-state index is 17.0. The summed E-state index contributed by atoms with van der Waals surface area (Å²) in [5, 5.41) is 17.0. The number of hydrazine groups is 1. The van der Waals surface area contributed by atoms with Crippen molar-refractivity contribution in [2.45, 2.75) is 116 Å². The number of carboxylic acid groups (broad SMARTS) is 1. The molecule has 4 amide bonds. The highest BCUT2D eigenvalue weighted by molar-refractivity contribution is 5.88. The standard InChI is InChI=1S/C58H62F2N8O6/c1-32(2)48(63-54(71)72)52(69)66-30-56(21-22-56)27-46(66)50-61-28-45(62-50)36-16-20-42-41-19-15-35(24-43(41)58(59,60)44(42)25-36)38-13-17-39-11-8-12-47-57(39,26-38)31-67(65-47)51-37-14-18-40(23-37)68(51)53(70)49(33(3)4)64-55(73)74-29-34-9-6-5-7-10-34/h5-13,15-17,19-20,24-25,28,32-33,37,40,46,48-49,51,63,65H,14,18,21-23,26-27,29-31H2,1-4H3,(H,61,62)(H,64,73)(H,71,72)/t37?,40?,46?,48?,49-,51+,57?/m0/s1. The third-order valence-corrected chi connectivity index (χ3v) is 17.4. The lowest BCUT2D eigenvalue weighted by Crippen LogP contribution is -2.61. The Hall–Kier alpha value is -7.07. The van der Waals surface area contributed by atoms with E-state index >= 15 is 8.78 Å². The minimum Gasteiger partial charge on any atom is -0.465 e. The molecule has 3 aromatic carbocycles. The average molecular weight is 1010 g/mol. The lowest BCUT2D eigenvalue weighted by molar-refractivity contribution is -0.145. The molecule has 14 nitrogen and oxygen atoms in total. The van der Waals surface area contributed by atoms with Crippen molar-refractivity contribution in [2.75, 3.05) is 13.1 Å². The van der Waals surface area contributed by atoms with Crippen LogP contribution in [0.4, 0.5) is 18.4 Å². The van der Waals surface area contributed by atoms with Gasteiger partial charge in [0.25, 0.3) is 5.92 Å². The van der Waals surface area contributed by atoms with E-state index in [-0.39, 0.29) is 64.9 Å². The number of piperidine rings is 1. The number of fused-ring (bicyclic) bond motifs is 5. The number of alkyl carbamates (subject to hydrolysis) is 1. The number of carbonyl (C=O) groups is 4. The number of likely N-dealkylation sites (tertiary alicyclic amines) is 2. The Morgan fingerprint density at radius 2 is 1.58 bits per heavy atom. The number of H-pyrrole nitrogens is 1. The number of ether oxygens (including phenoxy) is 1. The topological polar surface area (TPSA) is 172 Å². The number of rotatable bonds is 12. The van der Waals surface area contributed by atoms with Crippen molar-refractivity contribution < 1.29 is 37.8 Å². The number of hydrogen-bond donors (Lipinski definition) is 5. The van der Waals surface area contributed by atoms with Crippen LogP contribution in [0, 0.1) is 28.6 Å². The number of halogens is 2. The molecule has 2 bridgehead atoms. The van der Waals surface area contributed by atoms with E-state index < -0.39 is 41.6 Å². The normalized spacial score (nSPS) is 26.1. The largest absolute Gasteiger partial charge is 0.465 e. The third-order valence-electron chi connectivity index (χ3n) is 17.4. The number of aromatic amines is 1. The number of allylic oxidation sites excluding steroid dienone is 6. The summed E-state index contributed by atoms with van der Waals surface area (Å²) < 4.78 is 39.6. The molecule has 1 aromatic heterocycles. The minimum absolute atomic E-state index is 0.0243. The van der Waals surface area contributed by atoms with Crippen molar-refractivity contribution in [3.8, 4) is 22.4 Å². The van der Waals surface area contributed by atoms with Crippen molar-refractivity contribution in [2.24, 2.45) is 28.6 Å². The van der Waals surface area contributed by atoms with Gasteiger partial charge in [0.15, 0.2) is 0 Å². The predicted octanol–water partition coefficient (Wildman–Crippen LogP) is 9.80. The number of carbonyl (C=O) groups excluding carboxylic acids is 3. The second kappa shape index (κ2) is 17.8. The Kier molecular flexibility index (Phi) is 11.5. The number of alkyl halides is 2. The van der Waals surface area contributed by atoms with Gasteiger partial charge in [-0.15, -0.1) is 0 Å². The molecule has 2 saturated carbocycles. The molecule has 5 aliphatic carbocycles. The fourth-order valence-corrected chi connectivity index (χ4v) is 13.3. The van der Waals surface area contributed by atoms with Gasteiger partial charge in [-0.25, -0.2) is 14.6 Å². The molecule has 4 aromatic rings. The van der Waals surface area contributed by atoms with Crippen LogP contribution in [0.2, 0.25) is 0 Å². The SMILES string of the molecule is CC(C)C(NC(=O)O)C(=O)N1CC2(CC2)CC1c1ncc(-c2ccc3c(c2)C(F)(F)c2cc(C4=CC=C5C=CC=C6NN([C@H]7C8CCC(C8)N7C(=O)[C@@H](NC(=O)OCc7ccccc7)C(C)C)CC56C4)ccc2-3)[nH]1. The molecule has 4 heterocycles. The fourth-order valence-electron chi connectivity index (χ4n) is 13.3. The van der Waals surface area contributed by atoms with E-state index in [4.69, 9.17) is 9.72 Å². The molecule has 0 radical (unpaired) electrons. The van der Waals surface area contributed by atoms with Crippen molar-refractivity contribution in [1.29, 1.82) is 0 Å². The zero-order chi connectivity index (χ0) is 51.4. The molecule has 5 N–H and O–H groups in total. The summed E-state index contributed by atoms with van der Waals surface area (Å²) in [5.74, 6) is -3.39. The highest BCUT2D eigenvalue weighted by Gasteiger charge is 2.58. The zero-order valence-electron chi connectivity index (χ0n) is 42.0. The van der Waals surface area contributed by atoms with Gasteiger partial charge >= 0.3 is 12.2 Å². The summed E-state index contributed by atoms with van der Waals surface area (Å²) in [6, 6.07) is 17.9. The Balaban J connectivity index is 0.767. The summed E-state index contributed by atoms with van der Waals surface area (Å²) in [5.41, 5.74) is 9.73. The molecule has 5 unspecified atom stereocenters. The van der Waals surface area contributed by atoms with Gasteiger partial charge in [-0.1, -0.05) is 107 Å². The highest BCUT2D eigenvalue weighted by Crippen LogP contribution is 2.59. The number of benzene rings is 3. The van der Waals surface area contributed by atoms with Gasteiger partial charge in [0.2, 0.25) is 11.8 Å². The molecular weight excluding hydrogens is 943 g/mol. The van der Waals surface area contributed by atoms with Gasteiger partial charge in [0.1, 0.15) is 30.7 Å². The first-order valence-corrected chi connectivity index (χ1v) is 26.2. The number of amides is 4. The molecule has 3 saturated heterocycles. The number of imidazole rings is 1. The summed E-state index contributed by atoms with van der Waals surface area (Å²) in [4.78, 5) is 65.2. The monoisotopic (exact) mass is 1000 g/mol. The van der Waals surface area contributed by atoms with Crippen LogP contribution in [-0.4, -0.2) is 91.3 Å². The number of hydrogen-bond acceptors (Lipinski definition) is 8. The molecule has 384 valence electrons. The second-order valence-electron chi connectivity index (χ2n) is 22.7. The quantitative estimate of drug-likeness (QED) is 0.0927. The molecule has 3 aliphatic heterocycles. The van der Waals surface area contributed by atoms with Gasteiger partial charge in [-0.2, -0.15) is 13.8 Å². The molecule has 5 fully saturated rings. The first-order valence-electron chi connectivity index (χ1n) is 26.2. The van der Waals surface area contributed by atoms with Gasteiger partial charge in [0, 0.05) is 41.5 Å². The molecule has 8 aliphatic rings. The maximum Gasteiger partial charge on any atom is 0.408 e. The van der Waals surface area contributed by atoms with Crippen LogP contribution < -0.4 is 16.1 Å². The summed E-state index contributed by atoms with van der Waals surface area (Å²) >= 11 is 0. The highest BCUT2D eigenvalue weighted by atomic mass is 19.3. The lowest BCUT2D eigenvalue weighted by Gasteiger charge is -2.43. The van der Waals surface area contributed by atoms with Crippen molar-refractivity contribution in [3.05, 3.63) is 143 Å². The van der Waals surface area contributed by atoms with Crippen LogP contribution in [0.3, 0.4) is 0 Å². The van der Waals surface area contributed by atoms with Crippen LogP contribution in [0.1, 0.15) is 107 Å². The van der Waals surface area contributed by atoms with Crippen molar-refractivity contribution in [3.63, 3.8) is 0 Å². The summed E-state index contributed by atoms with van der Waals surface area (Å²) in [7, 11) is 0. The third kappa shape index (κ3) is 8.02. The Bertz CT molecular complexity index is 3100. The van der Waals surface area contributed by atoms with Crippen LogP contribution in [0.15, 0.2) is 115 Å². The molecule has 2 spiro atoms.